The van der Waals surface area contributed by atoms with Gasteiger partial charge in [0.15, 0.2) is 5.13 Å². The third-order valence-electron chi connectivity index (χ3n) is 5.23. The maximum absolute atomic E-state index is 14.6. The van der Waals surface area contributed by atoms with Gasteiger partial charge in [0.25, 0.3) is 11.8 Å². The molecule has 0 atom stereocenters. The van der Waals surface area contributed by atoms with E-state index in [1.165, 1.54) is 12.1 Å². The lowest BCUT2D eigenvalue weighted by Gasteiger charge is -2.17. The Morgan fingerprint density at radius 1 is 1.19 bits per heavy atom. The maximum atomic E-state index is 14.6. The molecular weight excluding hydrogens is 521 g/mol. The second kappa shape index (κ2) is 10.5. The molecule has 0 radical (unpaired) electrons. The summed E-state index contributed by atoms with van der Waals surface area (Å²) < 4.78 is 20.4. The molecule has 12 heteroatoms. The number of aliphatic hydroxyl groups excluding tert-OH is 1. The summed E-state index contributed by atoms with van der Waals surface area (Å²) in [5, 5.41) is 23.4. The molecule has 2 heterocycles. The number of carbonyl (C=O) groups is 2. The number of nitrogens with zero attached hydrogens (tertiary/aromatic N) is 3. The summed E-state index contributed by atoms with van der Waals surface area (Å²) in [5.74, 6) is -1.79. The van der Waals surface area contributed by atoms with Crippen molar-refractivity contribution >= 4 is 55.9 Å². The number of halogens is 2. The highest BCUT2D eigenvalue weighted by atomic mass is 35.5. The van der Waals surface area contributed by atoms with Crippen LogP contribution in [0.15, 0.2) is 48.5 Å². The Kier molecular flexibility index (Phi) is 7.35. The number of carbonyl (C=O) groups excluding carboxylic acids is 2. The van der Waals surface area contributed by atoms with Crippen molar-refractivity contribution in [1.29, 1.82) is 5.26 Å². The highest BCUT2D eigenvalue weighted by molar-refractivity contribution is 7.21. The lowest BCUT2D eigenvalue weighted by molar-refractivity contribution is -0.118. The normalized spacial score (nSPS) is 11.1. The van der Waals surface area contributed by atoms with E-state index < -0.39 is 29.7 Å². The van der Waals surface area contributed by atoms with E-state index in [4.69, 9.17) is 21.4 Å². The highest BCUT2D eigenvalue weighted by Gasteiger charge is 2.21. The standard InChI is InChI=1S/C25H19ClFN5O4S/c1-25(2,12-28)14-5-3-4-13(8-14)22(35)29-18-10-19(15(26)9-16(18)27)36-21-7-6-17-23(32-21)37-24(30-17)31-20(34)11-33/h3-10,33H,11H2,1-2H3,(H,29,35)(H,30,31,34). The highest BCUT2D eigenvalue weighted by Crippen LogP contribution is 2.35. The van der Waals surface area contributed by atoms with Gasteiger partial charge >= 0.3 is 0 Å². The summed E-state index contributed by atoms with van der Waals surface area (Å²) in [6.45, 7) is 2.79. The van der Waals surface area contributed by atoms with Crippen molar-refractivity contribution in [1.82, 2.24) is 9.97 Å². The minimum atomic E-state index is -0.805. The number of hydrogen-bond donors (Lipinski definition) is 3. The molecule has 37 heavy (non-hydrogen) atoms. The second-order valence-corrected chi connectivity index (χ2v) is 9.72. The van der Waals surface area contributed by atoms with E-state index >= 15 is 0 Å². The molecule has 2 aromatic heterocycles. The number of aliphatic hydroxyl groups is 1. The number of nitriles is 1. The summed E-state index contributed by atoms with van der Waals surface area (Å²) in [6, 6.07) is 14.1. The van der Waals surface area contributed by atoms with Gasteiger partial charge in [-0.15, -0.1) is 0 Å². The first-order chi connectivity index (χ1) is 17.6. The van der Waals surface area contributed by atoms with E-state index in [1.807, 2.05) is 0 Å². The fourth-order valence-corrected chi connectivity index (χ4v) is 4.23. The van der Waals surface area contributed by atoms with Crippen molar-refractivity contribution in [3.05, 3.63) is 70.5 Å². The van der Waals surface area contributed by atoms with Gasteiger partial charge in [0, 0.05) is 17.7 Å². The molecule has 0 saturated carbocycles. The van der Waals surface area contributed by atoms with Crippen LogP contribution in [0.2, 0.25) is 5.02 Å². The van der Waals surface area contributed by atoms with Gasteiger partial charge in [-0.2, -0.15) is 5.26 Å². The van der Waals surface area contributed by atoms with Crippen LogP contribution in [0.1, 0.15) is 29.8 Å². The van der Waals surface area contributed by atoms with Gasteiger partial charge in [-0.05, 0) is 43.7 Å². The molecule has 0 spiro atoms. The quantitative estimate of drug-likeness (QED) is 0.291. The second-order valence-electron chi connectivity index (χ2n) is 8.34. The van der Waals surface area contributed by atoms with E-state index in [2.05, 4.69) is 26.7 Å². The Labute approximate surface area is 219 Å². The molecule has 0 aliphatic rings. The minimum Gasteiger partial charge on any atom is -0.437 e. The minimum absolute atomic E-state index is 0.0444. The van der Waals surface area contributed by atoms with Crippen LogP contribution in [0.25, 0.3) is 10.3 Å². The SMILES string of the molecule is CC(C)(C#N)c1cccc(C(=O)Nc2cc(Oc3ccc4nc(NC(=O)CO)sc4n3)c(Cl)cc2F)c1. The third kappa shape index (κ3) is 5.83. The number of anilines is 2. The number of amides is 2. The topological polar surface area (TPSA) is 137 Å². The average molecular weight is 540 g/mol. The summed E-state index contributed by atoms with van der Waals surface area (Å²) in [6.07, 6.45) is 0. The monoisotopic (exact) mass is 539 g/mol. The molecule has 0 aliphatic heterocycles. The number of pyridine rings is 1. The molecule has 2 amide bonds. The fraction of sp³-hybridized carbons (Fsp3) is 0.160. The number of aromatic nitrogens is 2. The Balaban J connectivity index is 1.56. The zero-order valence-electron chi connectivity index (χ0n) is 19.5. The molecule has 4 rings (SSSR count). The van der Waals surface area contributed by atoms with Crippen LogP contribution in [-0.4, -0.2) is 33.5 Å². The van der Waals surface area contributed by atoms with Gasteiger partial charge in [-0.25, -0.2) is 14.4 Å². The van der Waals surface area contributed by atoms with E-state index in [9.17, 15) is 19.2 Å². The van der Waals surface area contributed by atoms with Crippen molar-refractivity contribution in [2.24, 2.45) is 0 Å². The molecule has 188 valence electrons. The van der Waals surface area contributed by atoms with Crippen molar-refractivity contribution in [2.75, 3.05) is 17.2 Å². The molecule has 0 unspecified atom stereocenters. The number of hydrogen-bond acceptors (Lipinski definition) is 8. The first kappa shape index (κ1) is 26.0. The molecule has 0 fully saturated rings. The van der Waals surface area contributed by atoms with Gasteiger partial charge in [0.1, 0.15) is 28.5 Å². The number of benzene rings is 2. The lowest BCUT2D eigenvalue weighted by Crippen LogP contribution is -2.17. The third-order valence-corrected chi connectivity index (χ3v) is 6.41. The van der Waals surface area contributed by atoms with E-state index in [-0.39, 0.29) is 33.0 Å². The van der Waals surface area contributed by atoms with E-state index in [0.717, 1.165) is 17.4 Å². The van der Waals surface area contributed by atoms with Crippen molar-refractivity contribution in [3.63, 3.8) is 0 Å². The predicted molar refractivity (Wildman–Crippen MR) is 138 cm³/mol. The maximum Gasteiger partial charge on any atom is 0.255 e. The zero-order chi connectivity index (χ0) is 26.7. The molecule has 0 aliphatic carbocycles. The largest absolute Gasteiger partial charge is 0.437 e. The van der Waals surface area contributed by atoms with Crippen LogP contribution in [0.3, 0.4) is 0 Å². The molecular formula is C25H19ClFN5O4S. The van der Waals surface area contributed by atoms with Crippen LogP contribution in [0.5, 0.6) is 11.6 Å². The van der Waals surface area contributed by atoms with Gasteiger partial charge in [-0.3, -0.25) is 14.9 Å². The molecule has 2 aromatic carbocycles. The summed E-state index contributed by atoms with van der Waals surface area (Å²) in [5.41, 5.74) is 0.416. The molecule has 0 saturated heterocycles. The number of fused-ring (bicyclic) bond motifs is 1. The Morgan fingerprint density at radius 2 is 1.97 bits per heavy atom. The summed E-state index contributed by atoms with van der Waals surface area (Å²) in [7, 11) is 0. The lowest BCUT2D eigenvalue weighted by atomic mass is 9.85. The van der Waals surface area contributed by atoms with Crippen molar-refractivity contribution in [2.45, 2.75) is 19.3 Å². The van der Waals surface area contributed by atoms with Gasteiger partial charge < -0.3 is 15.2 Å². The molecule has 0 bridgehead atoms. The van der Waals surface area contributed by atoms with Crippen molar-refractivity contribution in [3.8, 4) is 17.7 Å². The number of ether oxygens (including phenoxy) is 1. The first-order valence-electron chi connectivity index (χ1n) is 10.8. The van der Waals surface area contributed by atoms with E-state index in [0.29, 0.717) is 15.9 Å². The zero-order valence-corrected chi connectivity index (χ0v) is 21.1. The van der Waals surface area contributed by atoms with Crippen LogP contribution in [-0.2, 0) is 10.2 Å². The van der Waals surface area contributed by atoms with Crippen LogP contribution < -0.4 is 15.4 Å². The number of nitrogens with one attached hydrogen (secondary N) is 2. The Hall–Kier alpha value is -4.11. The number of thiazole rings is 1. The smallest absolute Gasteiger partial charge is 0.255 e. The van der Waals surface area contributed by atoms with E-state index in [1.54, 1.807) is 44.2 Å². The molecule has 3 N–H and O–H groups in total. The van der Waals surface area contributed by atoms with Gasteiger partial charge in [-0.1, -0.05) is 35.1 Å². The fourth-order valence-electron chi connectivity index (χ4n) is 3.19. The Morgan fingerprint density at radius 3 is 2.70 bits per heavy atom. The predicted octanol–water partition coefficient (Wildman–Crippen LogP) is 5.26. The summed E-state index contributed by atoms with van der Waals surface area (Å²) >= 11 is 7.24. The van der Waals surface area contributed by atoms with Crippen LogP contribution >= 0.6 is 22.9 Å². The van der Waals surface area contributed by atoms with Gasteiger partial charge in [0.05, 0.1) is 22.2 Å². The average Bonchev–Trinajstić information content (AvgIpc) is 3.28. The van der Waals surface area contributed by atoms with Gasteiger partial charge in [0.2, 0.25) is 5.88 Å². The Bertz CT molecular complexity index is 1570. The summed E-state index contributed by atoms with van der Waals surface area (Å²) in [4.78, 5) is 33.2. The van der Waals surface area contributed by atoms with Crippen molar-refractivity contribution < 1.29 is 23.8 Å². The molecule has 4 aromatic rings. The first-order valence-corrected chi connectivity index (χ1v) is 12.0. The van der Waals surface area contributed by atoms with Crippen LogP contribution in [0, 0.1) is 17.1 Å². The number of rotatable bonds is 7. The molecule has 9 nitrogen and oxygen atoms in total. The van der Waals surface area contributed by atoms with Crippen LogP contribution in [0.4, 0.5) is 15.2 Å².